The summed E-state index contributed by atoms with van der Waals surface area (Å²) >= 11 is 0. The Bertz CT molecular complexity index is 985. The summed E-state index contributed by atoms with van der Waals surface area (Å²) in [6.45, 7) is 3.04. The van der Waals surface area contributed by atoms with Crippen molar-refractivity contribution in [3.63, 3.8) is 0 Å². The van der Waals surface area contributed by atoms with Gasteiger partial charge in [-0.15, -0.1) is 0 Å². The lowest BCUT2D eigenvalue weighted by Crippen LogP contribution is -2.59. The van der Waals surface area contributed by atoms with E-state index in [4.69, 9.17) is 0 Å². The van der Waals surface area contributed by atoms with E-state index in [0.29, 0.717) is 37.3 Å². The zero-order valence-corrected chi connectivity index (χ0v) is 17.0. The molecule has 1 unspecified atom stereocenters. The summed E-state index contributed by atoms with van der Waals surface area (Å²) in [5.74, 6) is -0.894. The summed E-state index contributed by atoms with van der Waals surface area (Å²) < 4.78 is 15.1. The number of piperazine rings is 1. The van der Waals surface area contributed by atoms with Gasteiger partial charge < -0.3 is 14.7 Å². The Balaban J connectivity index is 1.48. The van der Waals surface area contributed by atoms with E-state index >= 15 is 0 Å². The SMILES string of the molecule is Cc1cc(C(=O)N2CCC3C(=O)N(Cc4cccc(F)c4)CC(=O)N3CC2)nn1C. The Morgan fingerprint density at radius 3 is 2.70 bits per heavy atom. The molecule has 3 heterocycles. The molecule has 0 saturated carbocycles. The number of aromatic nitrogens is 2. The van der Waals surface area contributed by atoms with Crippen molar-refractivity contribution < 1.29 is 18.8 Å². The molecule has 0 aliphatic carbocycles. The van der Waals surface area contributed by atoms with Crippen LogP contribution in [0.25, 0.3) is 0 Å². The first-order valence-corrected chi connectivity index (χ1v) is 9.96. The summed E-state index contributed by atoms with van der Waals surface area (Å²) in [5, 5.41) is 4.24. The number of benzene rings is 1. The molecule has 158 valence electrons. The number of carbonyl (C=O) groups is 3. The van der Waals surface area contributed by atoms with Crippen molar-refractivity contribution in [1.29, 1.82) is 0 Å². The Hall–Kier alpha value is -3.23. The Morgan fingerprint density at radius 1 is 1.20 bits per heavy atom. The van der Waals surface area contributed by atoms with Crippen LogP contribution < -0.4 is 0 Å². The van der Waals surface area contributed by atoms with Crippen LogP contribution in [0.15, 0.2) is 30.3 Å². The van der Waals surface area contributed by atoms with Crippen molar-refractivity contribution in [3.05, 3.63) is 53.1 Å². The number of fused-ring (bicyclic) bond motifs is 1. The molecule has 4 rings (SSSR count). The largest absolute Gasteiger partial charge is 0.335 e. The topological polar surface area (TPSA) is 78.8 Å². The monoisotopic (exact) mass is 413 g/mol. The molecule has 2 aliphatic heterocycles. The molecular weight excluding hydrogens is 389 g/mol. The van der Waals surface area contributed by atoms with E-state index in [0.717, 1.165) is 5.69 Å². The van der Waals surface area contributed by atoms with Gasteiger partial charge in [-0.25, -0.2) is 4.39 Å². The molecule has 0 N–H and O–H groups in total. The Labute approximate surface area is 173 Å². The fourth-order valence-electron chi connectivity index (χ4n) is 4.05. The number of amides is 3. The molecule has 0 spiro atoms. The minimum Gasteiger partial charge on any atom is -0.335 e. The van der Waals surface area contributed by atoms with Gasteiger partial charge in [-0.2, -0.15) is 5.10 Å². The van der Waals surface area contributed by atoms with E-state index < -0.39 is 6.04 Å². The Morgan fingerprint density at radius 2 is 2.00 bits per heavy atom. The molecule has 2 aromatic rings. The average molecular weight is 413 g/mol. The Kier molecular flexibility index (Phi) is 5.27. The van der Waals surface area contributed by atoms with Gasteiger partial charge >= 0.3 is 0 Å². The first-order chi connectivity index (χ1) is 14.3. The summed E-state index contributed by atoms with van der Waals surface area (Å²) in [4.78, 5) is 43.3. The van der Waals surface area contributed by atoms with Crippen molar-refractivity contribution in [2.75, 3.05) is 26.2 Å². The highest BCUT2D eigenvalue weighted by Crippen LogP contribution is 2.22. The van der Waals surface area contributed by atoms with Gasteiger partial charge in [-0.3, -0.25) is 19.1 Å². The second-order valence-electron chi connectivity index (χ2n) is 7.80. The van der Waals surface area contributed by atoms with Crippen LogP contribution in [0.3, 0.4) is 0 Å². The number of hydrogen-bond donors (Lipinski definition) is 0. The zero-order valence-electron chi connectivity index (χ0n) is 17.0. The summed E-state index contributed by atoms with van der Waals surface area (Å²) in [6, 6.07) is 7.15. The number of halogens is 1. The van der Waals surface area contributed by atoms with Gasteiger partial charge in [-0.05, 0) is 37.1 Å². The maximum absolute atomic E-state index is 13.5. The minimum atomic E-state index is -0.608. The lowest BCUT2D eigenvalue weighted by atomic mass is 10.1. The first-order valence-electron chi connectivity index (χ1n) is 9.96. The molecule has 2 saturated heterocycles. The average Bonchev–Trinajstić information content (AvgIpc) is 2.91. The van der Waals surface area contributed by atoms with Gasteiger partial charge in [0.15, 0.2) is 5.69 Å². The van der Waals surface area contributed by atoms with E-state index in [2.05, 4.69) is 5.10 Å². The summed E-state index contributed by atoms with van der Waals surface area (Å²) in [6.07, 6.45) is 0.363. The van der Waals surface area contributed by atoms with Crippen molar-refractivity contribution in [2.24, 2.45) is 7.05 Å². The quantitative estimate of drug-likeness (QED) is 0.751. The zero-order chi connectivity index (χ0) is 21.4. The molecule has 2 fully saturated rings. The van der Waals surface area contributed by atoms with E-state index in [9.17, 15) is 18.8 Å². The van der Waals surface area contributed by atoms with Crippen molar-refractivity contribution in [2.45, 2.75) is 25.9 Å². The van der Waals surface area contributed by atoms with Gasteiger partial charge in [0.1, 0.15) is 18.4 Å². The molecule has 1 aromatic heterocycles. The molecule has 3 amide bonds. The fraction of sp³-hybridized carbons (Fsp3) is 0.429. The number of carbonyl (C=O) groups excluding carboxylic acids is 3. The molecule has 8 nitrogen and oxygen atoms in total. The van der Waals surface area contributed by atoms with Crippen LogP contribution in [0.4, 0.5) is 4.39 Å². The molecule has 30 heavy (non-hydrogen) atoms. The second kappa shape index (κ2) is 7.89. The second-order valence-corrected chi connectivity index (χ2v) is 7.80. The maximum atomic E-state index is 13.5. The normalized spacial score (nSPS) is 19.7. The third-order valence-electron chi connectivity index (χ3n) is 5.79. The standard InChI is InChI=1S/C21H24FN5O3/c1-14-10-17(23-24(14)2)20(29)25-7-6-18-21(30)26(13-19(28)27(18)9-8-25)12-15-4-3-5-16(22)11-15/h3-5,10-11,18H,6-9,12-13H2,1-2H3. The van der Waals surface area contributed by atoms with Gasteiger partial charge in [0, 0.05) is 38.9 Å². The third-order valence-corrected chi connectivity index (χ3v) is 5.79. The number of rotatable bonds is 3. The van der Waals surface area contributed by atoms with E-state index in [1.165, 1.54) is 17.0 Å². The summed E-state index contributed by atoms with van der Waals surface area (Å²) in [7, 11) is 1.78. The minimum absolute atomic E-state index is 0.0424. The predicted molar refractivity (Wildman–Crippen MR) is 106 cm³/mol. The highest BCUT2D eigenvalue weighted by Gasteiger charge is 2.41. The van der Waals surface area contributed by atoms with Crippen molar-refractivity contribution >= 4 is 17.7 Å². The third kappa shape index (κ3) is 3.79. The molecular formula is C21H24FN5O3. The van der Waals surface area contributed by atoms with Gasteiger partial charge in [0.25, 0.3) is 5.91 Å². The summed E-state index contributed by atoms with van der Waals surface area (Å²) in [5.41, 5.74) is 1.88. The van der Waals surface area contributed by atoms with E-state index in [1.54, 1.807) is 39.7 Å². The van der Waals surface area contributed by atoms with Crippen LogP contribution >= 0.6 is 0 Å². The van der Waals surface area contributed by atoms with Crippen LogP contribution in [0.5, 0.6) is 0 Å². The molecule has 2 aliphatic rings. The maximum Gasteiger partial charge on any atom is 0.274 e. The molecule has 1 aromatic carbocycles. The van der Waals surface area contributed by atoms with Crippen molar-refractivity contribution in [3.8, 4) is 0 Å². The number of nitrogens with zero attached hydrogens (tertiary/aromatic N) is 5. The highest BCUT2D eigenvalue weighted by molar-refractivity contribution is 5.96. The molecule has 0 bridgehead atoms. The first kappa shape index (κ1) is 20.1. The van der Waals surface area contributed by atoms with E-state index in [1.807, 2.05) is 6.92 Å². The lowest BCUT2D eigenvalue weighted by molar-refractivity contribution is -0.156. The predicted octanol–water partition coefficient (Wildman–Crippen LogP) is 0.953. The van der Waals surface area contributed by atoms with Crippen LogP contribution in [0.2, 0.25) is 0 Å². The molecule has 0 radical (unpaired) electrons. The molecule has 9 heteroatoms. The smallest absolute Gasteiger partial charge is 0.274 e. The number of hydrogen-bond acceptors (Lipinski definition) is 4. The number of aryl methyl sites for hydroxylation is 2. The van der Waals surface area contributed by atoms with Gasteiger partial charge in [0.2, 0.25) is 11.8 Å². The van der Waals surface area contributed by atoms with Crippen molar-refractivity contribution in [1.82, 2.24) is 24.5 Å². The highest BCUT2D eigenvalue weighted by atomic mass is 19.1. The molecule has 1 atom stereocenters. The van der Waals surface area contributed by atoms with Crippen LogP contribution in [-0.2, 0) is 23.2 Å². The van der Waals surface area contributed by atoms with Crippen LogP contribution in [0.1, 0.15) is 28.2 Å². The van der Waals surface area contributed by atoms with Crippen LogP contribution in [0, 0.1) is 12.7 Å². The van der Waals surface area contributed by atoms with Gasteiger partial charge in [0.05, 0.1) is 0 Å². The lowest BCUT2D eigenvalue weighted by Gasteiger charge is -2.39. The van der Waals surface area contributed by atoms with Gasteiger partial charge in [-0.1, -0.05) is 12.1 Å². The van der Waals surface area contributed by atoms with E-state index in [-0.39, 0.29) is 36.6 Å². The van der Waals surface area contributed by atoms with Crippen LogP contribution in [-0.4, -0.2) is 74.4 Å². The fourth-order valence-corrected chi connectivity index (χ4v) is 4.05.